The lowest BCUT2D eigenvalue weighted by atomic mass is 10.0. The molecule has 2 rings (SSSR count). The van der Waals surface area contributed by atoms with Crippen LogP contribution < -0.4 is 10.1 Å². The smallest absolute Gasteiger partial charge is 0.416 e. The molecule has 0 fully saturated rings. The van der Waals surface area contributed by atoms with Crippen LogP contribution >= 0.6 is 0 Å². The number of methoxy groups -OCH3 is 1. The van der Waals surface area contributed by atoms with Crippen molar-refractivity contribution in [1.29, 1.82) is 0 Å². The van der Waals surface area contributed by atoms with Gasteiger partial charge < -0.3 is 19.7 Å². The van der Waals surface area contributed by atoms with E-state index in [0.717, 1.165) is 30.8 Å². The van der Waals surface area contributed by atoms with Crippen molar-refractivity contribution in [2.24, 2.45) is 0 Å². The van der Waals surface area contributed by atoms with Crippen LogP contribution in [0.4, 0.5) is 13.2 Å². The Morgan fingerprint density at radius 2 is 2.00 bits per heavy atom. The van der Waals surface area contributed by atoms with Crippen molar-refractivity contribution in [2.45, 2.75) is 19.1 Å². The van der Waals surface area contributed by atoms with Crippen molar-refractivity contribution in [3.8, 4) is 17.0 Å². The number of rotatable bonds is 11. The first kappa shape index (κ1) is 22.2. The summed E-state index contributed by atoms with van der Waals surface area (Å²) in [5, 5.41) is 10.0. The second-order valence-corrected chi connectivity index (χ2v) is 6.54. The Bertz CT molecular complexity index is 734. The Morgan fingerprint density at radius 1 is 1.21 bits per heavy atom. The molecule has 1 aromatic carbocycles. The molecule has 0 saturated heterocycles. The average molecular weight is 400 g/mol. The number of hydrogen-bond donors (Lipinski definition) is 2. The first-order valence-electron chi connectivity index (χ1n) is 9.05. The molecule has 0 radical (unpaired) electrons. The van der Waals surface area contributed by atoms with Crippen LogP contribution in [-0.4, -0.2) is 62.6 Å². The molecule has 6 nitrogen and oxygen atoms in total. The van der Waals surface area contributed by atoms with Gasteiger partial charge in [0.25, 0.3) is 0 Å². The second-order valence-electron chi connectivity index (χ2n) is 6.54. The molecule has 0 atom stereocenters. The van der Waals surface area contributed by atoms with Crippen LogP contribution in [0.5, 0.6) is 5.75 Å². The fourth-order valence-electron chi connectivity index (χ4n) is 2.73. The van der Waals surface area contributed by atoms with Crippen molar-refractivity contribution in [3.63, 3.8) is 0 Å². The number of aromatic amines is 1. The number of nitrogens with zero attached hydrogens (tertiary/aromatic N) is 2. The molecule has 0 saturated carbocycles. The highest BCUT2D eigenvalue weighted by atomic mass is 19.4. The lowest BCUT2D eigenvalue weighted by molar-refractivity contribution is -0.137. The van der Waals surface area contributed by atoms with Gasteiger partial charge in [-0.15, -0.1) is 0 Å². The molecule has 0 unspecified atom stereocenters. The van der Waals surface area contributed by atoms with Crippen LogP contribution in [0, 0.1) is 0 Å². The largest absolute Gasteiger partial charge is 0.493 e. The monoisotopic (exact) mass is 400 g/mol. The Labute approximate surface area is 163 Å². The fraction of sp³-hybridized carbons (Fsp3) is 0.526. The van der Waals surface area contributed by atoms with E-state index in [1.165, 1.54) is 0 Å². The molecule has 0 bridgehead atoms. The first-order chi connectivity index (χ1) is 13.3. The summed E-state index contributed by atoms with van der Waals surface area (Å²) in [6.45, 7) is 2.93. The van der Waals surface area contributed by atoms with Crippen molar-refractivity contribution >= 4 is 0 Å². The van der Waals surface area contributed by atoms with E-state index < -0.39 is 11.7 Å². The highest BCUT2D eigenvalue weighted by Gasteiger charge is 2.32. The van der Waals surface area contributed by atoms with Crippen molar-refractivity contribution in [1.82, 2.24) is 20.4 Å². The third kappa shape index (κ3) is 6.50. The maximum atomic E-state index is 13.4. The molecule has 1 aromatic heterocycles. The topological polar surface area (TPSA) is 62.4 Å². The molecule has 2 aromatic rings. The fourth-order valence-corrected chi connectivity index (χ4v) is 2.73. The standard InChI is InChI=1S/C19H27F3N4O2/c1-23-5-6-26(2)13-15-12-24-25-18(15)14-9-16(19(20,21)22)11-17(10-14)28-8-4-7-27-3/h9-12,23H,4-8,13H2,1-3H3,(H,24,25). The lowest BCUT2D eigenvalue weighted by Crippen LogP contribution is -2.27. The number of halogens is 3. The van der Waals surface area contributed by atoms with Gasteiger partial charge in [-0.1, -0.05) is 0 Å². The van der Waals surface area contributed by atoms with E-state index in [4.69, 9.17) is 9.47 Å². The summed E-state index contributed by atoms with van der Waals surface area (Å²) in [6, 6.07) is 3.71. The third-order valence-corrected chi connectivity index (χ3v) is 4.17. The molecule has 1 heterocycles. The molecule has 9 heteroatoms. The summed E-state index contributed by atoms with van der Waals surface area (Å²) in [4.78, 5) is 2.07. The number of alkyl halides is 3. The van der Waals surface area contributed by atoms with E-state index >= 15 is 0 Å². The molecule has 156 valence electrons. The molecule has 0 aliphatic carbocycles. The summed E-state index contributed by atoms with van der Waals surface area (Å²) in [5.74, 6) is 0.165. The highest BCUT2D eigenvalue weighted by Crippen LogP contribution is 2.36. The molecule has 0 aliphatic heterocycles. The summed E-state index contributed by atoms with van der Waals surface area (Å²) in [5.41, 5.74) is 0.923. The van der Waals surface area contributed by atoms with Crippen LogP contribution in [0.15, 0.2) is 24.4 Å². The van der Waals surface area contributed by atoms with Gasteiger partial charge in [-0.3, -0.25) is 5.10 Å². The molecule has 0 aliphatic rings. The molecule has 0 amide bonds. The SMILES string of the molecule is CNCCN(C)Cc1c[nH]nc1-c1cc(OCCCOC)cc(C(F)(F)F)c1. The minimum absolute atomic E-state index is 0.165. The van der Waals surface area contributed by atoms with E-state index in [1.807, 2.05) is 14.1 Å². The van der Waals surface area contributed by atoms with E-state index in [2.05, 4.69) is 20.4 Å². The maximum Gasteiger partial charge on any atom is 0.416 e. The molecule has 2 N–H and O–H groups in total. The van der Waals surface area contributed by atoms with Crippen LogP contribution in [-0.2, 0) is 17.5 Å². The Morgan fingerprint density at radius 3 is 2.68 bits per heavy atom. The molecular weight excluding hydrogens is 373 g/mol. The lowest BCUT2D eigenvalue weighted by Gasteiger charge is -2.17. The van der Waals surface area contributed by atoms with Gasteiger partial charge in [0.2, 0.25) is 0 Å². The number of likely N-dealkylation sites (N-methyl/N-ethyl adjacent to an activating group) is 2. The van der Waals surface area contributed by atoms with Crippen molar-refractivity contribution < 1.29 is 22.6 Å². The Balaban J connectivity index is 2.27. The van der Waals surface area contributed by atoms with Crippen molar-refractivity contribution in [3.05, 3.63) is 35.5 Å². The maximum absolute atomic E-state index is 13.4. The number of aromatic nitrogens is 2. The molecule has 0 spiro atoms. The number of nitrogens with one attached hydrogen (secondary N) is 2. The van der Waals surface area contributed by atoms with Gasteiger partial charge in [-0.25, -0.2) is 0 Å². The number of benzene rings is 1. The summed E-state index contributed by atoms with van der Waals surface area (Å²) in [6.07, 6.45) is -2.17. The van der Waals surface area contributed by atoms with Crippen LogP contribution in [0.2, 0.25) is 0 Å². The van der Waals surface area contributed by atoms with Gasteiger partial charge in [0.05, 0.1) is 17.9 Å². The highest BCUT2D eigenvalue weighted by molar-refractivity contribution is 5.65. The van der Waals surface area contributed by atoms with Gasteiger partial charge in [0.15, 0.2) is 0 Å². The zero-order chi connectivity index (χ0) is 20.6. The third-order valence-electron chi connectivity index (χ3n) is 4.17. The predicted octanol–water partition coefficient (Wildman–Crippen LogP) is 3.16. The normalized spacial score (nSPS) is 12.0. The predicted molar refractivity (Wildman–Crippen MR) is 101 cm³/mol. The van der Waals surface area contributed by atoms with E-state index in [-0.39, 0.29) is 12.4 Å². The van der Waals surface area contributed by atoms with Crippen molar-refractivity contribution in [2.75, 3.05) is 47.5 Å². The van der Waals surface area contributed by atoms with E-state index in [9.17, 15) is 13.2 Å². The van der Waals surface area contributed by atoms with Crippen LogP contribution in [0.3, 0.4) is 0 Å². The number of hydrogen-bond acceptors (Lipinski definition) is 5. The van der Waals surface area contributed by atoms with Crippen LogP contribution in [0.25, 0.3) is 11.3 Å². The molecular formula is C19H27F3N4O2. The van der Waals surface area contributed by atoms with Gasteiger partial charge in [0, 0.05) is 57.1 Å². The van der Waals surface area contributed by atoms with Crippen LogP contribution in [0.1, 0.15) is 17.5 Å². The zero-order valence-corrected chi connectivity index (χ0v) is 16.4. The summed E-state index contributed by atoms with van der Waals surface area (Å²) < 4.78 is 50.5. The molecule has 28 heavy (non-hydrogen) atoms. The van der Waals surface area contributed by atoms with Gasteiger partial charge in [-0.2, -0.15) is 18.3 Å². The summed E-state index contributed by atoms with van der Waals surface area (Å²) in [7, 11) is 5.38. The quantitative estimate of drug-likeness (QED) is 0.568. The number of H-pyrrole nitrogens is 1. The second kappa shape index (κ2) is 10.4. The van der Waals surface area contributed by atoms with Gasteiger partial charge >= 0.3 is 6.18 Å². The Kier molecular flexibility index (Phi) is 8.28. The van der Waals surface area contributed by atoms with Gasteiger partial charge in [-0.05, 0) is 32.3 Å². The van der Waals surface area contributed by atoms with E-state index in [1.54, 1.807) is 19.4 Å². The number of ether oxygens (including phenoxy) is 2. The minimum Gasteiger partial charge on any atom is -0.493 e. The Hall–Kier alpha value is -2.10. The average Bonchev–Trinajstić information content (AvgIpc) is 3.10. The summed E-state index contributed by atoms with van der Waals surface area (Å²) >= 11 is 0. The first-order valence-corrected chi connectivity index (χ1v) is 9.05. The zero-order valence-electron chi connectivity index (χ0n) is 16.4. The van der Waals surface area contributed by atoms with E-state index in [0.29, 0.717) is 30.8 Å². The van der Waals surface area contributed by atoms with Gasteiger partial charge in [0.1, 0.15) is 5.75 Å². The minimum atomic E-state index is -4.47.